The second-order valence-corrected chi connectivity index (χ2v) is 4.22. The Kier molecular flexibility index (Phi) is 1.95. The molecular formula is C9H15NO3. The zero-order valence-electron chi connectivity index (χ0n) is 7.57. The van der Waals surface area contributed by atoms with Gasteiger partial charge in [0.15, 0.2) is 0 Å². The van der Waals surface area contributed by atoms with Gasteiger partial charge in [-0.05, 0) is 25.7 Å². The number of hydrogen-bond acceptors (Lipinski definition) is 2. The number of nitrogens with zero attached hydrogens (tertiary/aromatic N) is 1. The molecule has 2 atom stereocenters. The molecule has 2 aliphatic rings. The lowest BCUT2D eigenvalue weighted by molar-refractivity contribution is -0.0996. The third-order valence-electron chi connectivity index (χ3n) is 3.50. The van der Waals surface area contributed by atoms with Crippen molar-refractivity contribution in [1.29, 1.82) is 0 Å². The van der Waals surface area contributed by atoms with Gasteiger partial charge in [0.05, 0.1) is 6.10 Å². The Bertz CT molecular complexity index is 231. The lowest BCUT2D eigenvalue weighted by atomic mass is 9.62. The highest BCUT2D eigenvalue weighted by Crippen LogP contribution is 2.47. The van der Waals surface area contributed by atoms with Crippen molar-refractivity contribution in [2.75, 3.05) is 13.1 Å². The van der Waals surface area contributed by atoms with Gasteiger partial charge in [-0.25, -0.2) is 4.79 Å². The molecule has 74 valence electrons. The molecule has 1 heterocycles. The Morgan fingerprint density at radius 1 is 1.46 bits per heavy atom. The SMILES string of the molecule is O=C(O)N1CCCC2(CCC2O)C1. The van der Waals surface area contributed by atoms with Crippen molar-refractivity contribution >= 4 is 6.09 Å². The minimum Gasteiger partial charge on any atom is -0.465 e. The number of piperidine rings is 1. The predicted octanol–water partition coefficient (Wildman–Crippen LogP) is 0.901. The summed E-state index contributed by atoms with van der Waals surface area (Å²) in [6.45, 7) is 1.16. The van der Waals surface area contributed by atoms with E-state index in [0.29, 0.717) is 13.1 Å². The lowest BCUT2D eigenvalue weighted by Gasteiger charge is -2.51. The molecule has 0 aromatic carbocycles. The zero-order valence-corrected chi connectivity index (χ0v) is 7.57. The van der Waals surface area contributed by atoms with Crippen molar-refractivity contribution < 1.29 is 15.0 Å². The number of rotatable bonds is 0. The molecule has 2 unspecified atom stereocenters. The summed E-state index contributed by atoms with van der Waals surface area (Å²) in [4.78, 5) is 12.2. The number of hydrogen-bond donors (Lipinski definition) is 2. The molecule has 2 fully saturated rings. The molecule has 1 saturated carbocycles. The van der Waals surface area contributed by atoms with Gasteiger partial charge in [0, 0.05) is 18.5 Å². The van der Waals surface area contributed by atoms with Gasteiger partial charge >= 0.3 is 6.09 Å². The Morgan fingerprint density at radius 3 is 2.69 bits per heavy atom. The summed E-state index contributed by atoms with van der Waals surface area (Å²) in [6.07, 6.45) is 2.58. The van der Waals surface area contributed by atoms with Crippen molar-refractivity contribution in [1.82, 2.24) is 4.90 Å². The molecule has 1 aliphatic heterocycles. The summed E-state index contributed by atoms with van der Waals surface area (Å²) in [5.41, 5.74) is -0.0867. The summed E-state index contributed by atoms with van der Waals surface area (Å²) in [7, 11) is 0. The van der Waals surface area contributed by atoms with Gasteiger partial charge in [0.2, 0.25) is 0 Å². The first-order chi connectivity index (χ1) is 6.14. The van der Waals surface area contributed by atoms with E-state index in [2.05, 4.69) is 0 Å². The first-order valence-corrected chi connectivity index (χ1v) is 4.80. The maximum atomic E-state index is 10.7. The first kappa shape index (κ1) is 8.81. The summed E-state index contributed by atoms with van der Waals surface area (Å²) in [5, 5.41) is 18.4. The van der Waals surface area contributed by atoms with Crippen LogP contribution in [0, 0.1) is 5.41 Å². The van der Waals surface area contributed by atoms with Crippen LogP contribution in [0.2, 0.25) is 0 Å². The van der Waals surface area contributed by atoms with Gasteiger partial charge in [-0.2, -0.15) is 0 Å². The van der Waals surface area contributed by atoms with E-state index in [-0.39, 0.29) is 11.5 Å². The highest BCUT2D eigenvalue weighted by atomic mass is 16.4. The van der Waals surface area contributed by atoms with Crippen LogP contribution < -0.4 is 0 Å². The third-order valence-corrected chi connectivity index (χ3v) is 3.50. The van der Waals surface area contributed by atoms with Crippen LogP contribution in [0.3, 0.4) is 0 Å². The first-order valence-electron chi connectivity index (χ1n) is 4.80. The minimum atomic E-state index is -0.849. The van der Waals surface area contributed by atoms with Gasteiger partial charge in [0.1, 0.15) is 0 Å². The molecule has 2 N–H and O–H groups in total. The molecule has 1 amide bonds. The van der Waals surface area contributed by atoms with E-state index >= 15 is 0 Å². The normalized spacial score (nSPS) is 38.8. The van der Waals surface area contributed by atoms with Gasteiger partial charge in [-0.15, -0.1) is 0 Å². The van der Waals surface area contributed by atoms with Crippen LogP contribution in [-0.2, 0) is 0 Å². The third kappa shape index (κ3) is 1.29. The van der Waals surface area contributed by atoms with E-state index < -0.39 is 6.09 Å². The molecule has 2 rings (SSSR count). The van der Waals surface area contributed by atoms with Crippen molar-refractivity contribution in [3.8, 4) is 0 Å². The maximum absolute atomic E-state index is 10.7. The number of aliphatic hydroxyl groups excluding tert-OH is 1. The molecule has 1 aliphatic carbocycles. The van der Waals surface area contributed by atoms with E-state index in [4.69, 9.17) is 5.11 Å². The smallest absolute Gasteiger partial charge is 0.407 e. The Balaban J connectivity index is 2.03. The summed E-state index contributed by atoms with van der Waals surface area (Å²) >= 11 is 0. The Morgan fingerprint density at radius 2 is 2.23 bits per heavy atom. The van der Waals surface area contributed by atoms with Gasteiger partial charge in [-0.3, -0.25) is 0 Å². The number of carbonyl (C=O) groups is 1. The van der Waals surface area contributed by atoms with E-state index in [9.17, 15) is 9.90 Å². The van der Waals surface area contributed by atoms with E-state index in [1.54, 1.807) is 0 Å². The zero-order chi connectivity index (χ0) is 9.47. The molecular weight excluding hydrogens is 170 g/mol. The number of aliphatic hydroxyl groups is 1. The van der Waals surface area contributed by atoms with Crippen LogP contribution in [0.15, 0.2) is 0 Å². The van der Waals surface area contributed by atoms with Gasteiger partial charge in [0.25, 0.3) is 0 Å². The fraction of sp³-hybridized carbons (Fsp3) is 0.889. The predicted molar refractivity (Wildman–Crippen MR) is 46.5 cm³/mol. The quantitative estimate of drug-likeness (QED) is 0.589. The standard InChI is InChI=1S/C9H15NO3/c11-7-2-4-9(7)3-1-5-10(6-9)8(12)13/h7,11H,1-6H2,(H,12,13). The van der Waals surface area contributed by atoms with Crippen LogP contribution in [0.25, 0.3) is 0 Å². The second kappa shape index (κ2) is 2.87. The Labute approximate surface area is 77.2 Å². The van der Waals surface area contributed by atoms with Gasteiger partial charge in [-0.1, -0.05) is 0 Å². The van der Waals surface area contributed by atoms with Crippen molar-refractivity contribution in [3.05, 3.63) is 0 Å². The minimum absolute atomic E-state index is 0.0867. The van der Waals surface area contributed by atoms with Crippen LogP contribution in [0.4, 0.5) is 4.79 Å². The fourth-order valence-electron chi connectivity index (χ4n) is 2.48. The molecule has 4 heteroatoms. The van der Waals surface area contributed by atoms with Crippen LogP contribution in [-0.4, -0.2) is 40.4 Å². The molecule has 13 heavy (non-hydrogen) atoms. The number of carboxylic acid groups (broad SMARTS) is 1. The Hall–Kier alpha value is -0.770. The average molecular weight is 185 g/mol. The lowest BCUT2D eigenvalue weighted by Crippen LogP contribution is -2.56. The van der Waals surface area contributed by atoms with Crippen LogP contribution >= 0.6 is 0 Å². The van der Waals surface area contributed by atoms with Crippen molar-refractivity contribution in [2.24, 2.45) is 5.41 Å². The molecule has 1 saturated heterocycles. The fourth-order valence-corrected chi connectivity index (χ4v) is 2.48. The van der Waals surface area contributed by atoms with Crippen molar-refractivity contribution in [3.63, 3.8) is 0 Å². The largest absolute Gasteiger partial charge is 0.465 e. The molecule has 0 aromatic rings. The number of likely N-dealkylation sites (tertiary alicyclic amines) is 1. The average Bonchev–Trinajstić information content (AvgIpc) is 2.16. The molecule has 0 radical (unpaired) electrons. The van der Waals surface area contributed by atoms with Gasteiger partial charge < -0.3 is 15.1 Å². The maximum Gasteiger partial charge on any atom is 0.407 e. The van der Waals surface area contributed by atoms with Crippen LogP contribution in [0.5, 0.6) is 0 Å². The molecule has 0 aromatic heterocycles. The summed E-state index contributed by atoms with van der Waals surface area (Å²) < 4.78 is 0. The number of amides is 1. The van der Waals surface area contributed by atoms with E-state index in [1.165, 1.54) is 4.90 Å². The highest BCUT2D eigenvalue weighted by Gasteiger charge is 2.48. The molecule has 0 bridgehead atoms. The van der Waals surface area contributed by atoms with E-state index in [1.807, 2.05) is 0 Å². The highest BCUT2D eigenvalue weighted by molar-refractivity contribution is 5.65. The van der Waals surface area contributed by atoms with Crippen LogP contribution in [0.1, 0.15) is 25.7 Å². The summed E-state index contributed by atoms with van der Waals surface area (Å²) in [6, 6.07) is 0. The van der Waals surface area contributed by atoms with E-state index in [0.717, 1.165) is 25.7 Å². The van der Waals surface area contributed by atoms with Crippen molar-refractivity contribution in [2.45, 2.75) is 31.8 Å². The summed E-state index contributed by atoms with van der Waals surface area (Å²) in [5.74, 6) is 0. The molecule has 1 spiro atoms. The second-order valence-electron chi connectivity index (χ2n) is 4.22. The topological polar surface area (TPSA) is 60.8 Å². The monoisotopic (exact) mass is 185 g/mol. The molecule has 4 nitrogen and oxygen atoms in total.